The van der Waals surface area contributed by atoms with Gasteiger partial charge in [0, 0.05) is 36.3 Å². The zero-order valence-electron chi connectivity index (χ0n) is 15.0. The van der Waals surface area contributed by atoms with Crippen LogP contribution < -0.4 is 13.7 Å². The smallest absolute Gasteiger partial charge is 0.326 e. The summed E-state index contributed by atoms with van der Waals surface area (Å²) in [5.74, 6) is -1.83. The number of carbonyl (C=O) groups is 1. The van der Waals surface area contributed by atoms with Crippen LogP contribution >= 0.6 is 0 Å². The molecule has 1 saturated heterocycles. The maximum Gasteiger partial charge on any atom is 0.326 e. The van der Waals surface area contributed by atoms with Crippen LogP contribution in [0.3, 0.4) is 0 Å². The van der Waals surface area contributed by atoms with Gasteiger partial charge < -0.3 is 5.11 Å². The summed E-state index contributed by atoms with van der Waals surface area (Å²) in [6, 6.07) is 1.34. The summed E-state index contributed by atoms with van der Waals surface area (Å²) < 4.78 is 54.6. The summed E-state index contributed by atoms with van der Waals surface area (Å²) in [7, 11) is -4.24. The van der Waals surface area contributed by atoms with Gasteiger partial charge in [0.15, 0.2) is 5.82 Å². The number of halogens is 1. The van der Waals surface area contributed by atoms with E-state index in [0.717, 1.165) is 0 Å². The Morgan fingerprint density at radius 1 is 1.44 bits per heavy atom. The highest BCUT2D eigenvalue weighted by Crippen LogP contribution is 2.39. The van der Waals surface area contributed by atoms with Crippen LogP contribution in [-0.2, 0) is 39.0 Å². The van der Waals surface area contributed by atoms with Crippen molar-refractivity contribution in [2.75, 3.05) is 23.9 Å². The third-order valence-electron chi connectivity index (χ3n) is 4.34. The van der Waals surface area contributed by atoms with E-state index in [1.807, 2.05) is 13.8 Å². The second kappa shape index (κ2) is 7.34. The van der Waals surface area contributed by atoms with Crippen molar-refractivity contribution in [1.29, 1.82) is 4.78 Å². The largest absolute Gasteiger partial charge is 0.506 e. The zero-order valence-corrected chi connectivity index (χ0v) is 16.6. The standard InChI is InChI=1S/C15H22FN5O4S2/c1-9(2)6-18-26(17)20-4-3-10-5-12(22)15(14(16)11(10)7-20)21-8-13(23)19-27(21,24)25/h5,9,22H,3-4,6-8H2,1-2H3,(H2,17,18)(H,19,23). The number of rotatable bonds is 5. The summed E-state index contributed by atoms with van der Waals surface area (Å²) in [5.41, 5.74) is 0.274. The van der Waals surface area contributed by atoms with Crippen LogP contribution in [0, 0.1) is 16.5 Å². The molecule has 0 aliphatic carbocycles. The second-order valence-corrected chi connectivity index (χ2v) is 9.84. The van der Waals surface area contributed by atoms with Gasteiger partial charge in [0.2, 0.25) is 0 Å². The molecule has 2 aliphatic heterocycles. The summed E-state index contributed by atoms with van der Waals surface area (Å²) in [5, 5.41) is 10.2. The molecule has 12 heteroatoms. The number of phenols is 1. The van der Waals surface area contributed by atoms with E-state index < -0.39 is 51.0 Å². The van der Waals surface area contributed by atoms with Gasteiger partial charge in [0.25, 0.3) is 5.91 Å². The molecule has 0 radical (unpaired) electrons. The monoisotopic (exact) mass is 419 g/mol. The Labute approximate surface area is 159 Å². The predicted octanol–water partition coefficient (Wildman–Crippen LogP) is 0.527. The van der Waals surface area contributed by atoms with Crippen LogP contribution in [0.5, 0.6) is 5.75 Å². The Kier molecular flexibility index (Phi) is 5.43. The molecule has 9 nitrogen and oxygen atoms in total. The molecule has 1 unspecified atom stereocenters. The van der Waals surface area contributed by atoms with Crippen LogP contribution in [0.4, 0.5) is 10.1 Å². The number of benzene rings is 1. The van der Waals surface area contributed by atoms with E-state index in [4.69, 9.17) is 4.78 Å². The summed E-state index contributed by atoms with van der Waals surface area (Å²) in [6.45, 7) is 4.74. The lowest BCUT2D eigenvalue weighted by Crippen LogP contribution is -2.39. The number of hydrogen-bond donors (Lipinski definition) is 4. The first-order chi connectivity index (χ1) is 12.6. The van der Waals surface area contributed by atoms with Crippen LogP contribution in [-0.4, -0.2) is 43.4 Å². The van der Waals surface area contributed by atoms with E-state index in [9.17, 15) is 18.3 Å². The van der Waals surface area contributed by atoms with Crippen LogP contribution in [0.25, 0.3) is 0 Å². The van der Waals surface area contributed by atoms with E-state index in [2.05, 4.69) is 4.72 Å². The van der Waals surface area contributed by atoms with E-state index >= 15 is 4.39 Å². The highest BCUT2D eigenvalue weighted by molar-refractivity contribution is 7.92. The molecular formula is C15H22FN5O4S2. The van der Waals surface area contributed by atoms with Crippen molar-refractivity contribution in [1.82, 2.24) is 13.7 Å². The van der Waals surface area contributed by atoms with Crippen molar-refractivity contribution >= 4 is 32.9 Å². The van der Waals surface area contributed by atoms with E-state index in [0.29, 0.717) is 35.3 Å². The fourth-order valence-corrected chi connectivity index (χ4v) is 5.36. The first-order valence-electron chi connectivity index (χ1n) is 8.40. The van der Waals surface area contributed by atoms with Gasteiger partial charge in [-0.15, -0.1) is 0 Å². The minimum Gasteiger partial charge on any atom is -0.506 e. The lowest BCUT2D eigenvalue weighted by Gasteiger charge is -2.31. The molecule has 2 heterocycles. The molecule has 3 rings (SSSR count). The molecule has 4 N–H and O–H groups in total. The first-order valence-corrected chi connectivity index (χ1v) is 11.0. The fraction of sp³-hybridized carbons (Fsp3) is 0.533. The summed E-state index contributed by atoms with van der Waals surface area (Å²) in [4.78, 5) is 11.4. The molecular weight excluding hydrogens is 397 g/mol. The molecule has 1 amide bonds. The molecule has 0 saturated carbocycles. The lowest BCUT2D eigenvalue weighted by atomic mass is 9.99. The van der Waals surface area contributed by atoms with Crippen molar-refractivity contribution in [3.05, 3.63) is 23.0 Å². The number of anilines is 1. The third kappa shape index (κ3) is 3.93. The minimum atomic E-state index is -4.24. The maximum atomic E-state index is 15.2. The molecule has 0 spiro atoms. The minimum absolute atomic E-state index is 0.113. The van der Waals surface area contributed by atoms with Crippen molar-refractivity contribution in [3.8, 4) is 5.75 Å². The zero-order chi connectivity index (χ0) is 19.9. The summed E-state index contributed by atoms with van der Waals surface area (Å²) in [6.07, 6.45) is 0.426. The SMILES string of the molecule is CC(C)CNS(=N)N1CCc2cc(O)c(N3CC(=O)NS3(=O)=O)c(F)c2C1. The van der Waals surface area contributed by atoms with Gasteiger partial charge in [-0.05, 0) is 24.0 Å². The molecule has 0 bridgehead atoms. The molecule has 27 heavy (non-hydrogen) atoms. The molecule has 150 valence electrons. The fourth-order valence-electron chi connectivity index (χ4n) is 2.99. The number of nitrogens with zero attached hydrogens (tertiary/aromatic N) is 2. The summed E-state index contributed by atoms with van der Waals surface area (Å²) >= 11 is -1.02. The highest BCUT2D eigenvalue weighted by atomic mass is 32.2. The van der Waals surface area contributed by atoms with Crippen LogP contribution in [0.2, 0.25) is 0 Å². The molecule has 1 aromatic carbocycles. The van der Waals surface area contributed by atoms with Crippen molar-refractivity contribution < 1.29 is 22.7 Å². The lowest BCUT2D eigenvalue weighted by molar-refractivity contribution is -0.117. The third-order valence-corrected chi connectivity index (χ3v) is 6.98. The average molecular weight is 420 g/mol. The number of phenolic OH excluding ortho intramolecular Hbond substituents is 1. The van der Waals surface area contributed by atoms with E-state index in [1.165, 1.54) is 6.07 Å². The number of amides is 1. The normalized spacial score (nSPS) is 20.6. The number of fused-ring (bicyclic) bond motifs is 1. The highest BCUT2D eigenvalue weighted by Gasteiger charge is 2.39. The predicted molar refractivity (Wildman–Crippen MR) is 99.5 cm³/mol. The number of nitrogens with one attached hydrogen (secondary N) is 3. The van der Waals surface area contributed by atoms with Crippen LogP contribution in [0.15, 0.2) is 6.07 Å². The topological polar surface area (TPSA) is 126 Å². The number of aromatic hydroxyl groups is 1. The molecule has 1 fully saturated rings. The Balaban J connectivity index is 1.93. The van der Waals surface area contributed by atoms with Crippen LogP contribution in [0.1, 0.15) is 25.0 Å². The van der Waals surface area contributed by atoms with E-state index in [-0.39, 0.29) is 12.1 Å². The Morgan fingerprint density at radius 2 is 2.15 bits per heavy atom. The Bertz CT molecular complexity index is 906. The van der Waals surface area contributed by atoms with E-state index in [1.54, 1.807) is 9.03 Å². The molecule has 0 aromatic heterocycles. The van der Waals surface area contributed by atoms with Gasteiger partial charge in [0.1, 0.15) is 18.0 Å². The van der Waals surface area contributed by atoms with Gasteiger partial charge in [-0.25, -0.2) is 22.4 Å². The van der Waals surface area contributed by atoms with Crippen molar-refractivity contribution in [3.63, 3.8) is 0 Å². The second-order valence-electron chi connectivity index (χ2n) is 6.87. The number of carbonyl (C=O) groups excluding carboxylic acids is 1. The molecule has 2 aliphatic rings. The number of hydrogen-bond acceptors (Lipinski definition) is 5. The van der Waals surface area contributed by atoms with Gasteiger partial charge >= 0.3 is 10.2 Å². The molecule has 1 atom stereocenters. The average Bonchev–Trinajstić information content (AvgIpc) is 2.84. The first kappa shape index (κ1) is 20.0. The van der Waals surface area contributed by atoms with Gasteiger partial charge in [0.05, 0.1) is 0 Å². The van der Waals surface area contributed by atoms with Gasteiger partial charge in [-0.3, -0.25) is 9.57 Å². The quantitative estimate of drug-likeness (QED) is 0.552. The van der Waals surface area contributed by atoms with Gasteiger partial charge in [-0.2, -0.15) is 8.42 Å². The Morgan fingerprint density at radius 3 is 2.74 bits per heavy atom. The van der Waals surface area contributed by atoms with Gasteiger partial charge in [-0.1, -0.05) is 13.8 Å². The van der Waals surface area contributed by atoms with Crippen molar-refractivity contribution in [2.24, 2.45) is 5.92 Å². The Hall–Kier alpha value is -1.76. The van der Waals surface area contributed by atoms with Crippen molar-refractivity contribution in [2.45, 2.75) is 26.8 Å². The molecule has 1 aromatic rings. The maximum absolute atomic E-state index is 15.2.